The summed E-state index contributed by atoms with van der Waals surface area (Å²) < 4.78 is 10.9. The standard InChI is InChI=1S/C22H24N2O4/c1-27-18-10-3-6-15-8-4-12-24(20(15)18)22(26)16-7-2-9-17(14-16)23-21(25)19-11-5-13-28-19/h2-3,6-7,9-10,14,19H,4-5,8,11-13H2,1H3,(H,23,25). The molecule has 2 aliphatic rings. The Morgan fingerprint density at radius 2 is 2.04 bits per heavy atom. The second-order valence-electron chi connectivity index (χ2n) is 7.10. The van der Waals surface area contributed by atoms with Gasteiger partial charge in [-0.25, -0.2) is 0 Å². The lowest BCUT2D eigenvalue weighted by Gasteiger charge is -2.31. The van der Waals surface area contributed by atoms with Crippen molar-refractivity contribution in [2.24, 2.45) is 0 Å². The second-order valence-corrected chi connectivity index (χ2v) is 7.10. The van der Waals surface area contributed by atoms with E-state index in [4.69, 9.17) is 9.47 Å². The van der Waals surface area contributed by atoms with E-state index >= 15 is 0 Å². The van der Waals surface area contributed by atoms with Crippen LogP contribution in [0.3, 0.4) is 0 Å². The molecule has 1 saturated heterocycles. The summed E-state index contributed by atoms with van der Waals surface area (Å²) in [7, 11) is 1.62. The maximum Gasteiger partial charge on any atom is 0.258 e. The lowest BCUT2D eigenvalue weighted by Crippen LogP contribution is -2.36. The summed E-state index contributed by atoms with van der Waals surface area (Å²) in [5, 5.41) is 2.86. The van der Waals surface area contributed by atoms with Gasteiger partial charge >= 0.3 is 0 Å². The Hall–Kier alpha value is -2.86. The van der Waals surface area contributed by atoms with E-state index in [1.807, 2.05) is 18.2 Å². The smallest absolute Gasteiger partial charge is 0.258 e. The van der Waals surface area contributed by atoms with Crippen molar-refractivity contribution in [3.05, 3.63) is 53.6 Å². The first-order valence-electron chi connectivity index (χ1n) is 9.67. The first-order chi connectivity index (χ1) is 13.7. The number of fused-ring (bicyclic) bond motifs is 1. The van der Waals surface area contributed by atoms with E-state index in [1.165, 1.54) is 0 Å². The summed E-state index contributed by atoms with van der Waals surface area (Å²) in [4.78, 5) is 27.3. The van der Waals surface area contributed by atoms with Crippen molar-refractivity contribution in [2.45, 2.75) is 31.8 Å². The SMILES string of the molecule is COc1cccc2c1N(C(=O)c1cccc(NC(=O)C3CCCO3)c1)CCC2. The molecule has 6 heteroatoms. The number of rotatable bonds is 4. The lowest BCUT2D eigenvalue weighted by molar-refractivity contribution is -0.124. The third kappa shape index (κ3) is 3.60. The molecule has 1 N–H and O–H groups in total. The molecule has 6 nitrogen and oxygen atoms in total. The van der Waals surface area contributed by atoms with Gasteiger partial charge in [0.25, 0.3) is 11.8 Å². The quantitative estimate of drug-likeness (QED) is 0.883. The average Bonchev–Trinajstić information content (AvgIpc) is 3.27. The van der Waals surface area contributed by atoms with Crippen molar-refractivity contribution in [3.8, 4) is 5.75 Å². The number of anilines is 2. The summed E-state index contributed by atoms with van der Waals surface area (Å²) in [6.07, 6.45) is 3.05. The van der Waals surface area contributed by atoms with E-state index in [0.717, 1.165) is 36.9 Å². The Kier molecular flexibility index (Phi) is 5.30. The Morgan fingerprint density at radius 1 is 1.18 bits per heavy atom. The maximum absolute atomic E-state index is 13.3. The van der Waals surface area contributed by atoms with Gasteiger partial charge in [0.05, 0.1) is 12.8 Å². The Morgan fingerprint density at radius 3 is 2.82 bits per heavy atom. The van der Waals surface area contributed by atoms with E-state index < -0.39 is 6.10 Å². The van der Waals surface area contributed by atoms with Crippen LogP contribution in [0.25, 0.3) is 0 Å². The van der Waals surface area contributed by atoms with Gasteiger partial charge in [-0.15, -0.1) is 0 Å². The van der Waals surface area contributed by atoms with Crippen LogP contribution < -0.4 is 15.0 Å². The molecule has 0 radical (unpaired) electrons. The van der Waals surface area contributed by atoms with Crippen LogP contribution in [-0.2, 0) is 16.0 Å². The molecule has 0 spiro atoms. The van der Waals surface area contributed by atoms with Gasteiger partial charge in [0, 0.05) is 24.4 Å². The summed E-state index contributed by atoms with van der Waals surface area (Å²) in [6, 6.07) is 12.9. The summed E-state index contributed by atoms with van der Waals surface area (Å²) in [5.41, 5.74) is 3.09. The normalized spacial score (nSPS) is 18.5. The monoisotopic (exact) mass is 380 g/mol. The average molecular weight is 380 g/mol. The number of carbonyl (C=O) groups excluding carboxylic acids is 2. The molecule has 1 fully saturated rings. The first kappa shape index (κ1) is 18.5. The van der Waals surface area contributed by atoms with Gasteiger partial charge in [0.15, 0.2) is 0 Å². The molecule has 0 saturated carbocycles. The van der Waals surface area contributed by atoms with Gasteiger partial charge in [-0.2, -0.15) is 0 Å². The topological polar surface area (TPSA) is 67.9 Å². The minimum atomic E-state index is -0.405. The number of benzene rings is 2. The summed E-state index contributed by atoms with van der Waals surface area (Å²) >= 11 is 0. The van der Waals surface area contributed by atoms with Gasteiger partial charge in [-0.1, -0.05) is 18.2 Å². The van der Waals surface area contributed by atoms with Crippen molar-refractivity contribution in [3.63, 3.8) is 0 Å². The molecule has 0 aliphatic carbocycles. The number of para-hydroxylation sites is 1. The molecule has 0 aromatic heterocycles. The van der Waals surface area contributed by atoms with E-state index in [9.17, 15) is 9.59 Å². The zero-order chi connectivity index (χ0) is 19.5. The minimum Gasteiger partial charge on any atom is -0.495 e. The van der Waals surface area contributed by atoms with Crippen LogP contribution in [0, 0.1) is 0 Å². The zero-order valence-electron chi connectivity index (χ0n) is 15.9. The molecule has 28 heavy (non-hydrogen) atoms. The van der Waals surface area contributed by atoms with Crippen molar-refractivity contribution >= 4 is 23.2 Å². The molecule has 2 amide bonds. The Labute approximate surface area is 164 Å². The third-order valence-corrected chi connectivity index (χ3v) is 5.24. The molecule has 1 atom stereocenters. The van der Waals surface area contributed by atoms with Crippen molar-refractivity contribution in [1.29, 1.82) is 0 Å². The van der Waals surface area contributed by atoms with Crippen LogP contribution in [0.5, 0.6) is 5.75 Å². The number of ether oxygens (including phenoxy) is 2. The molecular formula is C22H24N2O4. The fraction of sp³-hybridized carbons (Fsp3) is 0.364. The van der Waals surface area contributed by atoms with Crippen LogP contribution in [0.2, 0.25) is 0 Å². The van der Waals surface area contributed by atoms with Gasteiger partial charge < -0.3 is 19.7 Å². The van der Waals surface area contributed by atoms with Crippen molar-refractivity contribution in [1.82, 2.24) is 0 Å². The Balaban J connectivity index is 1.57. The molecule has 2 aromatic rings. The highest BCUT2D eigenvalue weighted by atomic mass is 16.5. The lowest BCUT2D eigenvalue weighted by atomic mass is 10.00. The summed E-state index contributed by atoms with van der Waals surface area (Å²) in [6.45, 7) is 1.26. The molecular weight excluding hydrogens is 356 g/mol. The van der Waals surface area contributed by atoms with Crippen LogP contribution in [0.4, 0.5) is 11.4 Å². The number of nitrogens with one attached hydrogen (secondary N) is 1. The number of amides is 2. The third-order valence-electron chi connectivity index (χ3n) is 5.24. The molecule has 4 rings (SSSR count). The number of nitrogens with zero attached hydrogens (tertiary/aromatic N) is 1. The largest absolute Gasteiger partial charge is 0.495 e. The molecule has 0 bridgehead atoms. The van der Waals surface area contributed by atoms with Crippen LogP contribution in [-0.4, -0.2) is 38.2 Å². The summed E-state index contributed by atoms with van der Waals surface area (Å²) in [5.74, 6) is 0.444. The molecule has 146 valence electrons. The zero-order valence-corrected chi connectivity index (χ0v) is 15.9. The predicted octanol–water partition coefficient (Wildman–Crippen LogP) is 3.41. The highest BCUT2D eigenvalue weighted by molar-refractivity contribution is 6.08. The van der Waals surface area contributed by atoms with E-state index in [-0.39, 0.29) is 11.8 Å². The van der Waals surface area contributed by atoms with Gasteiger partial charge in [0.1, 0.15) is 11.9 Å². The number of aryl methyl sites for hydroxylation is 1. The fourth-order valence-corrected chi connectivity index (χ4v) is 3.88. The molecule has 2 heterocycles. The minimum absolute atomic E-state index is 0.0985. The van der Waals surface area contributed by atoms with E-state index in [1.54, 1.807) is 36.3 Å². The van der Waals surface area contributed by atoms with E-state index in [0.29, 0.717) is 30.2 Å². The van der Waals surface area contributed by atoms with Crippen molar-refractivity contribution < 1.29 is 19.1 Å². The number of methoxy groups -OCH3 is 1. The van der Waals surface area contributed by atoms with Gasteiger partial charge in [0.2, 0.25) is 0 Å². The van der Waals surface area contributed by atoms with Crippen molar-refractivity contribution in [2.75, 3.05) is 30.5 Å². The van der Waals surface area contributed by atoms with Crippen LogP contribution in [0.15, 0.2) is 42.5 Å². The molecule has 2 aromatic carbocycles. The fourth-order valence-electron chi connectivity index (χ4n) is 3.88. The number of hydrogen-bond donors (Lipinski definition) is 1. The van der Waals surface area contributed by atoms with E-state index in [2.05, 4.69) is 5.32 Å². The first-order valence-corrected chi connectivity index (χ1v) is 9.67. The van der Waals surface area contributed by atoms with Gasteiger partial charge in [-0.3, -0.25) is 9.59 Å². The highest BCUT2D eigenvalue weighted by Crippen LogP contribution is 2.37. The van der Waals surface area contributed by atoms with Gasteiger partial charge in [-0.05, 0) is 55.5 Å². The predicted molar refractivity (Wildman–Crippen MR) is 107 cm³/mol. The maximum atomic E-state index is 13.3. The molecule has 2 aliphatic heterocycles. The number of carbonyl (C=O) groups is 2. The Bertz CT molecular complexity index is 876. The van der Waals surface area contributed by atoms with Crippen LogP contribution >= 0.6 is 0 Å². The number of hydrogen-bond acceptors (Lipinski definition) is 4. The highest BCUT2D eigenvalue weighted by Gasteiger charge is 2.27. The molecule has 1 unspecified atom stereocenters. The second kappa shape index (κ2) is 8.02. The van der Waals surface area contributed by atoms with Crippen LogP contribution in [0.1, 0.15) is 35.2 Å².